The third kappa shape index (κ3) is 1.91. The highest BCUT2D eigenvalue weighted by molar-refractivity contribution is 5.12. The van der Waals surface area contributed by atoms with E-state index in [1.165, 1.54) is 12.8 Å². The van der Waals surface area contributed by atoms with Crippen LogP contribution >= 0.6 is 0 Å². The Hall–Kier alpha value is -0.120. The molecule has 2 fully saturated rings. The Morgan fingerprint density at radius 2 is 1.78 bits per heavy atom. The van der Waals surface area contributed by atoms with Gasteiger partial charge >= 0.3 is 0 Å². The number of aliphatic hydroxyl groups is 2. The monoisotopic (exact) mass is 255 g/mol. The van der Waals surface area contributed by atoms with E-state index >= 15 is 0 Å². The van der Waals surface area contributed by atoms with E-state index in [-0.39, 0.29) is 11.3 Å². The lowest BCUT2D eigenvalue weighted by atomic mass is 9.66. The normalized spacial score (nSPS) is 33.3. The fourth-order valence-electron chi connectivity index (χ4n) is 3.49. The number of hydrogen-bond donors (Lipinski definition) is 2. The topological polar surface area (TPSA) is 43.7 Å². The van der Waals surface area contributed by atoms with Gasteiger partial charge in [-0.3, -0.25) is 4.90 Å². The number of hydrogen-bond acceptors (Lipinski definition) is 3. The molecular formula is C15H29NO2. The van der Waals surface area contributed by atoms with Gasteiger partial charge in [-0.2, -0.15) is 0 Å². The van der Waals surface area contributed by atoms with Gasteiger partial charge in [0.1, 0.15) is 0 Å². The second-order valence-corrected chi connectivity index (χ2v) is 7.48. The van der Waals surface area contributed by atoms with Gasteiger partial charge in [0.15, 0.2) is 5.79 Å². The molecule has 2 aliphatic rings. The minimum Gasteiger partial charge on any atom is -0.364 e. The van der Waals surface area contributed by atoms with E-state index in [0.29, 0.717) is 0 Å². The van der Waals surface area contributed by atoms with Crippen LogP contribution in [-0.4, -0.2) is 39.5 Å². The molecule has 3 nitrogen and oxygen atoms in total. The number of nitrogens with zero attached hydrogens (tertiary/aromatic N) is 1. The molecule has 1 saturated carbocycles. The molecule has 0 radical (unpaired) electrons. The van der Waals surface area contributed by atoms with Crippen molar-refractivity contribution in [3.8, 4) is 0 Å². The van der Waals surface area contributed by atoms with Crippen molar-refractivity contribution in [1.82, 2.24) is 4.90 Å². The van der Waals surface area contributed by atoms with Crippen molar-refractivity contribution < 1.29 is 10.2 Å². The maximum absolute atomic E-state index is 10.7. The number of likely N-dealkylation sites (tertiary alicyclic amines) is 1. The van der Waals surface area contributed by atoms with E-state index < -0.39 is 11.3 Å². The average Bonchev–Trinajstić information content (AvgIpc) is 3.02. The van der Waals surface area contributed by atoms with Crippen LogP contribution in [0.25, 0.3) is 0 Å². The van der Waals surface area contributed by atoms with Crippen LogP contribution in [0.15, 0.2) is 0 Å². The molecule has 0 unspecified atom stereocenters. The Balaban J connectivity index is 2.32. The summed E-state index contributed by atoms with van der Waals surface area (Å²) in [5, 5.41) is 21.4. The van der Waals surface area contributed by atoms with Gasteiger partial charge in [0.05, 0.1) is 5.54 Å². The van der Waals surface area contributed by atoms with Crippen molar-refractivity contribution in [2.24, 2.45) is 17.3 Å². The van der Waals surface area contributed by atoms with Gasteiger partial charge in [-0.25, -0.2) is 0 Å². The van der Waals surface area contributed by atoms with Gasteiger partial charge in [0.25, 0.3) is 0 Å². The van der Waals surface area contributed by atoms with Crippen LogP contribution in [0, 0.1) is 17.3 Å². The largest absolute Gasteiger partial charge is 0.364 e. The zero-order valence-corrected chi connectivity index (χ0v) is 12.5. The highest BCUT2D eigenvalue weighted by Crippen LogP contribution is 2.53. The Kier molecular flexibility index (Phi) is 3.33. The first-order valence-electron chi connectivity index (χ1n) is 7.32. The Labute approximate surface area is 111 Å². The Morgan fingerprint density at radius 3 is 2.22 bits per heavy atom. The van der Waals surface area contributed by atoms with Crippen molar-refractivity contribution in [2.45, 2.75) is 65.2 Å². The zero-order chi connectivity index (χ0) is 13.8. The minimum atomic E-state index is -1.64. The molecule has 0 amide bonds. The highest BCUT2D eigenvalue weighted by atomic mass is 16.5. The maximum atomic E-state index is 10.7. The summed E-state index contributed by atoms with van der Waals surface area (Å²) in [5.41, 5.74) is -0.633. The predicted molar refractivity (Wildman–Crippen MR) is 73.1 cm³/mol. The van der Waals surface area contributed by atoms with Gasteiger partial charge < -0.3 is 10.2 Å². The molecular weight excluding hydrogens is 226 g/mol. The summed E-state index contributed by atoms with van der Waals surface area (Å²) in [7, 11) is 0. The molecule has 0 aromatic heterocycles. The SMILES string of the molecule is CC(C)C(O)(O)[C@]1(C)N(CC2CC2)CCC1(C)C. The van der Waals surface area contributed by atoms with Crippen LogP contribution in [0.3, 0.4) is 0 Å². The second-order valence-electron chi connectivity index (χ2n) is 7.48. The summed E-state index contributed by atoms with van der Waals surface area (Å²) in [6, 6.07) is 0. The second kappa shape index (κ2) is 4.19. The van der Waals surface area contributed by atoms with Crippen LogP contribution in [0.5, 0.6) is 0 Å². The summed E-state index contributed by atoms with van der Waals surface area (Å²) in [5.74, 6) is -1.02. The van der Waals surface area contributed by atoms with Gasteiger partial charge in [-0.15, -0.1) is 0 Å². The molecule has 0 aromatic rings. The molecule has 18 heavy (non-hydrogen) atoms. The van der Waals surface area contributed by atoms with E-state index in [0.717, 1.165) is 25.4 Å². The molecule has 1 aliphatic carbocycles. The van der Waals surface area contributed by atoms with Crippen molar-refractivity contribution in [3.05, 3.63) is 0 Å². The molecule has 106 valence electrons. The molecule has 1 heterocycles. The standard InChI is InChI=1S/C15H29NO2/c1-11(2)15(17,18)14(5)13(3,4)8-9-16(14)10-12-6-7-12/h11-12,17-18H,6-10H2,1-5H3/t14-/m1/s1. The van der Waals surface area contributed by atoms with E-state index in [4.69, 9.17) is 0 Å². The first-order chi connectivity index (χ1) is 8.13. The van der Waals surface area contributed by atoms with Crippen LogP contribution < -0.4 is 0 Å². The zero-order valence-electron chi connectivity index (χ0n) is 12.5. The quantitative estimate of drug-likeness (QED) is 0.757. The summed E-state index contributed by atoms with van der Waals surface area (Å²) < 4.78 is 0. The van der Waals surface area contributed by atoms with E-state index in [1.54, 1.807) is 0 Å². The van der Waals surface area contributed by atoms with Crippen LogP contribution in [0.1, 0.15) is 53.9 Å². The van der Waals surface area contributed by atoms with E-state index in [9.17, 15) is 10.2 Å². The molecule has 3 heteroatoms. The minimum absolute atomic E-state index is 0.0737. The fraction of sp³-hybridized carbons (Fsp3) is 1.00. The smallest absolute Gasteiger partial charge is 0.184 e. The van der Waals surface area contributed by atoms with Crippen LogP contribution in [-0.2, 0) is 0 Å². The third-order valence-electron chi connectivity index (χ3n) is 5.65. The van der Waals surface area contributed by atoms with E-state index in [2.05, 4.69) is 18.7 Å². The summed E-state index contributed by atoms with van der Waals surface area (Å²) in [6.07, 6.45) is 3.64. The van der Waals surface area contributed by atoms with Gasteiger partial charge in [-0.1, -0.05) is 27.7 Å². The maximum Gasteiger partial charge on any atom is 0.184 e. The predicted octanol–water partition coefficient (Wildman–Crippen LogP) is 2.22. The lowest BCUT2D eigenvalue weighted by Crippen LogP contribution is -2.67. The van der Waals surface area contributed by atoms with Crippen LogP contribution in [0.2, 0.25) is 0 Å². The average molecular weight is 255 g/mol. The van der Waals surface area contributed by atoms with Crippen molar-refractivity contribution in [1.29, 1.82) is 0 Å². The molecule has 1 atom stereocenters. The van der Waals surface area contributed by atoms with Crippen LogP contribution in [0.4, 0.5) is 0 Å². The molecule has 0 bridgehead atoms. The first-order valence-corrected chi connectivity index (χ1v) is 7.32. The molecule has 2 N–H and O–H groups in total. The first kappa shape index (κ1) is 14.3. The molecule has 0 spiro atoms. The molecule has 2 rings (SSSR count). The fourth-order valence-corrected chi connectivity index (χ4v) is 3.49. The molecule has 1 saturated heterocycles. The van der Waals surface area contributed by atoms with E-state index in [1.807, 2.05) is 20.8 Å². The third-order valence-corrected chi connectivity index (χ3v) is 5.65. The van der Waals surface area contributed by atoms with Gasteiger partial charge in [0.2, 0.25) is 0 Å². The Bertz CT molecular complexity index is 320. The highest BCUT2D eigenvalue weighted by Gasteiger charge is 2.63. The number of rotatable bonds is 4. The summed E-state index contributed by atoms with van der Waals surface area (Å²) in [4.78, 5) is 2.34. The summed E-state index contributed by atoms with van der Waals surface area (Å²) in [6.45, 7) is 12.2. The molecule has 0 aromatic carbocycles. The lowest BCUT2D eigenvalue weighted by Gasteiger charge is -2.53. The summed E-state index contributed by atoms with van der Waals surface area (Å²) >= 11 is 0. The van der Waals surface area contributed by atoms with Gasteiger partial charge in [0, 0.05) is 12.5 Å². The van der Waals surface area contributed by atoms with Crippen molar-refractivity contribution >= 4 is 0 Å². The Morgan fingerprint density at radius 1 is 1.22 bits per heavy atom. The molecule has 1 aliphatic heterocycles. The van der Waals surface area contributed by atoms with Crippen molar-refractivity contribution in [3.63, 3.8) is 0 Å². The van der Waals surface area contributed by atoms with Crippen molar-refractivity contribution in [2.75, 3.05) is 13.1 Å². The van der Waals surface area contributed by atoms with Gasteiger partial charge in [-0.05, 0) is 44.1 Å². The lowest BCUT2D eigenvalue weighted by molar-refractivity contribution is -0.283.